The lowest BCUT2D eigenvalue weighted by Gasteiger charge is -2.29. The highest BCUT2D eigenvalue weighted by Crippen LogP contribution is 2.40. The predicted molar refractivity (Wildman–Crippen MR) is 148 cm³/mol. The summed E-state index contributed by atoms with van der Waals surface area (Å²) in [5.41, 5.74) is 4.62. The Morgan fingerprint density at radius 2 is 1.84 bits per heavy atom. The van der Waals surface area contributed by atoms with E-state index in [1.807, 2.05) is 75.4 Å². The van der Waals surface area contributed by atoms with Gasteiger partial charge < -0.3 is 20.1 Å². The Kier molecular flexibility index (Phi) is 7.41. The van der Waals surface area contributed by atoms with Gasteiger partial charge >= 0.3 is 0 Å². The highest BCUT2D eigenvalue weighted by Gasteiger charge is 2.36. The second-order valence-electron chi connectivity index (χ2n) is 8.85. The Balaban J connectivity index is 1.54. The minimum atomic E-state index is -0.647. The number of halogens is 1. The largest absolute Gasteiger partial charge is 0.492 e. The normalized spacial score (nSPS) is 14.5. The van der Waals surface area contributed by atoms with Gasteiger partial charge in [0.05, 0.1) is 17.9 Å². The van der Waals surface area contributed by atoms with Crippen molar-refractivity contribution in [1.29, 1.82) is 0 Å². The van der Waals surface area contributed by atoms with Gasteiger partial charge in [0.1, 0.15) is 24.1 Å². The molecule has 9 nitrogen and oxygen atoms in total. The summed E-state index contributed by atoms with van der Waals surface area (Å²) in [4.78, 5) is 13.9. The molecule has 0 radical (unpaired) electrons. The molecule has 0 saturated heterocycles. The van der Waals surface area contributed by atoms with Gasteiger partial charge in [0.15, 0.2) is 0 Å². The van der Waals surface area contributed by atoms with E-state index in [0.29, 0.717) is 47.6 Å². The maximum absolute atomic E-state index is 13.9. The van der Waals surface area contributed by atoms with Crippen LogP contribution < -0.4 is 20.1 Å². The van der Waals surface area contributed by atoms with Crippen LogP contribution in [0.25, 0.3) is 0 Å². The van der Waals surface area contributed by atoms with Crippen molar-refractivity contribution in [1.82, 2.24) is 20.2 Å². The number of nitrogens with zero attached hydrogens (tertiary/aromatic N) is 4. The number of hydrogen-bond donors (Lipinski definition) is 2. The minimum Gasteiger partial charge on any atom is -0.492 e. The van der Waals surface area contributed by atoms with Crippen LogP contribution >= 0.6 is 15.9 Å². The third-order valence-electron chi connectivity index (χ3n) is 6.18. The predicted octanol–water partition coefficient (Wildman–Crippen LogP) is 5.65. The lowest BCUT2D eigenvalue weighted by Crippen LogP contribution is -2.32. The van der Waals surface area contributed by atoms with Crippen molar-refractivity contribution < 1.29 is 14.3 Å². The molecule has 0 bridgehead atoms. The fourth-order valence-electron chi connectivity index (χ4n) is 4.34. The fraction of sp³-hybridized carbons (Fsp3) is 0.214. The summed E-state index contributed by atoms with van der Waals surface area (Å²) >= 11 is 3.59. The van der Waals surface area contributed by atoms with E-state index in [4.69, 9.17) is 9.47 Å². The van der Waals surface area contributed by atoms with Gasteiger partial charge in [-0.1, -0.05) is 63.0 Å². The number of carbonyl (C=O) groups is 1. The smallest absolute Gasteiger partial charge is 0.255 e. The van der Waals surface area contributed by atoms with Gasteiger partial charge in [-0.2, -0.15) is 4.68 Å². The summed E-state index contributed by atoms with van der Waals surface area (Å²) < 4.78 is 14.4. The lowest BCUT2D eigenvalue weighted by molar-refractivity contribution is -0.113. The van der Waals surface area contributed by atoms with Gasteiger partial charge in [-0.05, 0) is 67.1 Å². The summed E-state index contributed by atoms with van der Waals surface area (Å²) in [6.45, 7) is 6.63. The van der Waals surface area contributed by atoms with Crippen LogP contribution in [-0.2, 0) is 11.4 Å². The maximum Gasteiger partial charge on any atom is 0.255 e. The summed E-state index contributed by atoms with van der Waals surface area (Å²) in [6, 6.07) is 20.6. The van der Waals surface area contributed by atoms with Crippen LogP contribution in [0.2, 0.25) is 0 Å². The molecule has 0 saturated carbocycles. The van der Waals surface area contributed by atoms with Gasteiger partial charge in [-0.15, -0.1) is 0 Å². The minimum absolute atomic E-state index is 0.308. The van der Waals surface area contributed by atoms with E-state index in [1.165, 1.54) is 5.56 Å². The number of allylic oxidation sites excluding steroid dienone is 1. The number of ether oxygens (including phenoxy) is 2. The van der Waals surface area contributed by atoms with Gasteiger partial charge in [0.2, 0.25) is 5.95 Å². The van der Waals surface area contributed by atoms with Crippen LogP contribution in [-0.4, -0.2) is 32.7 Å². The van der Waals surface area contributed by atoms with Crippen molar-refractivity contribution in [2.75, 3.05) is 17.2 Å². The number of benzene rings is 3. The average molecular weight is 575 g/mol. The van der Waals surface area contributed by atoms with Crippen LogP contribution in [0.3, 0.4) is 0 Å². The van der Waals surface area contributed by atoms with Crippen LogP contribution in [0.4, 0.5) is 11.6 Å². The molecule has 1 amide bonds. The summed E-state index contributed by atoms with van der Waals surface area (Å²) in [5, 5.41) is 18.4. The zero-order chi connectivity index (χ0) is 26.6. The number of aromatic nitrogens is 4. The molecule has 4 aromatic rings. The molecule has 10 heteroatoms. The first kappa shape index (κ1) is 25.5. The van der Waals surface area contributed by atoms with Crippen LogP contribution in [0.15, 0.2) is 82.5 Å². The zero-order valence-electron chi connectivity index (χ0n) is 21.2. The zero-order valence-corrected chi connectivity index (χ0v) is 22.8. The Hall–Kier alpha value is -4.18. The molecule has 3 aromatic carbocycles. The molecule has 38 heavy (non-hydrogen) atoms. The average Bonchev–Trinajstić information content (AvgIpc) is 3.37. The number of carbonyl (C=O) groups excluding carboxylic acids is 1. The number of rotatable bonds is 8. The molecule has 1 aliphatic rings. The second-order valence-corrected chi connectivity index (χ2v) is 9.77. The van der Waals surface area contributed by atoms with E-state index in [2.05, 4.69) is 54.2 Å². The third-order valence-corrected chi connectivity index (χ3v) is 6.67. The van der Waals surface area contributed by atoms with Crippen LogP contribution in [0.1, 0.15) is 36.6 Å². The second kappa shape index (κ2) is 11.1. The van der Waals surface area contributed by atoms with Crippen molar-refractivity contribution in [2.24, 2.45) is 0 Å². The molecule has 0 fully saturated rings. The standard InChI is InChI=1S/C28H27BrN6O3/c1-4-37-24-8-6-5-7-22(24)31-27(36)25-18(3)30-28-32-33-34-35(28)26(25)21-15-20(29)13-14-23(21)38-16-19-11-9-17(2)10-12-19/h5-15,26H,4,16H2,1-3H3,(H,31,36)(H,30,32,34). The van der Waals surface area contributed by atoms with E-state index < -0.39 is 6.04 Å². The summed E-state index contributed by atoms with van der Waals surface area (Å²) in [5.74, 6) is 1.34. The Morgan fingerprint density at radius 1 is 1.05 bits per heavy atom. The molecule has 2 heterocycles. The Labute approximate surface area is 229 Å². The molecule has 1 atom stereocenters. The SMILES string of the molecule is CCOc1ccccc1NC(=O)C1=C(C)Nc2nnnn2C1c1cc(Br)ccc1OCc1ccc(C)cc1. The highest BCUT2D eigenvalue weighted by atomic mass is 79.9. The first-order chi connectivity index (χ1) is 18.4. The van der Waals surface area contributed by atoms with Crippen molar-refractivity contribution in [3.63, 3.8) is 0 Å². The Bertz CT molecular complexity index is 1500. The molecule has 1 aromatic heterocycles. The van der Waals surface area contributed by atoms with E-state index in [-0.39, 0.29) is 5.91 Å². The number of amides is 1. The topological polar surface area (TPSA) is 103 Å². The number of tetrazole rings is 1. The van der Waals surface area contributed by atoms with E-state index in [1.54, 1.807) is 4.68 Å². The monoisotopic (exact) mass is 574 g/mol. The number of fused-ring (bicyclic) bond motifs is 1. The number of aryl methyl sites for hydroxylation is 1. The van der Waals surface area contributed by atoms with Crippen molar-refractivity contribution in [3.8, 4) is 11.5 Å². The molecular formula is C28H27BrN6O3. The quantitative estimate of drug-likeness (QED) is 0.280. The van der Waals surface area contributed by atoms with E-state index in [9.17, 15) is 4.79 Å². The van der Waals surface area contributed by atoms with Gasteiger partial charge in [-0.3, -0.25) is 4.79 Å². The van der Waals surface area contributed by atoms with Crippen LogP contribution in [0.5, 0.6) is 11.5 Å². The molecule has 2 N–H and O–H groups in total. The molecule has 5 rings (SSSR count). The van der Waals surface area contributed by atoms with Crippen LogP contribution in [0, 0.1) is 6.92 Å². The molecule has 194 valence electrons. The first-order valence-electron chi connectivity index (χ1n) is 12.2. The maximum atomic E-state index is 13.9. The number of para-hydroxylation sites is 2. The van der Waals surface area contributed by atoms with E-state index >= 15 is 0 Å². The number of anilines is 2. The van der Waals surface area contributed by atoms with Gasteiger partial charge in [0, 0.05) is 15.7 Å². The summed E-state index contributed by atoms with van der Waals surface area (Å²) in [7, 11) is 0. The van der Waals surface area contributed by atoms with Gasteiger partial charge in [0.25, 0.3) is 5.91 Å². The van der Waals surface area contributed by atoms with Crippen molar-refractivity contribution >= 4 is 33.5 Å². The van der Waals surface area contributed by atoms with Crippen molar-refractivity contribution in [3.05, 3.63) is 99.2 Å². The Morgan fingerprint density at radius 3 is 2.63 bits per heavy atom. The molecule has 0 spiro atoms. The highest BCUT2D eigenvalue weighted by molar-refractivity contribution is 9.10. The molecule has 0 aliphatic carbocycles. The summed E-state index contributed by atoms with van der Waals surface area (Å²) in [6.07, 6.45) is 0. The fourth-order valence-corrected chi connectivity index (χ4v) is 4.72. The first-order valence-corrected chi connectivity index (χ1v) is 13.0. The van der Waals surface area contributed by atoms with E-state index in [0.717, 1.165) is 15.6 Å². The molecule has 1 aliphatic heterocycles. The lowest BCUT2D eigenvalue weighted by atomic mass is 9.94. The van der Waals surface area contributed by atoms with Crippen molar-refractivity contribution in [2.45, 2.75) is 33.4 Å². The molecule has 1 unspecified atom stereocenters. The number of hydrogen-bond acceptors (Lipinski definition) is 7. The number of nitrogens with one attached hydrogen (secondary N) is 2. The molecular weight excluding hydrogens is 548 g/mol. The third kappa shape index (κ3) is 5.26. The van der Waals surface area contributed by atoms with Gasteiger partial charge in [-0.25, -0.2) is 0 Å².